The second-order valence-electron chi connectivity index (χ2n) is 4.67. The summed E-state index contributed by atoms with van der Waals surface area (Å²) in [5, 5.41) is 4.50. The third-order valence-corrected chi connectivity index (χ3v) is 3.17. The van der Waals surface area contributed by atoms with Crippen LogP contribution in [0, 0.1) is 0 Å². The smallest absolute Gasteiger partial charge is 0.213 e. The molecule has 0 amide bonds. The molecule has 6 nitrogen and oxygen atoms in total. The fourth-order valence-corrected chi connectivity index (χ4v) is 2.10. The molecule has 7 heteroatoms. The van der Waals surface area contributed by atoms with E-state index in [1.54, 1.807) is 4.68 Å². The van der Waals surface area contributed by atoms with Gasteiger partial charge in [-0.1, -0.05) is 11.6 Å². The monoisotopic (exact) mass is 287 g/mol. The van der Waals surface area contributed by atoms with Crippen LogP contribution in [0.1, 0.15) is 10.5 Å². The summed E-state index contributed by atoms with van der Waals surface area (Å²) in [7, 11) is 3.93. The van der Waals surface area contributed by atoms with Gasteiger partial charge in [0.25, 0.3) is 0 Å². The molecule has 1 unspecified atom stereocenters. The third kappa shape index (κ3) is 3.54. The highest BCUT2D eigenvalue weighted by atomic mass is 35.5. The van der Waals surface area contributed by atoms with Crippen molar-refractivity contribution in [2.75, 3.05) is 40.5 Å². The van der Waals surface area contributed by atoms with Gasteiger partial charge in [0.05, 0.1) is 37.6 Å². The van der Waals surface area contributed by atoms with Crippen molar-refractivity contribution in [2.24, 2.45) is 0 Å². The minimum absolute atomic E-state index is 0.166. The molecule has 0 saturated carbocycles. The second kappa shape index (κ2) is 6.47. The SMILES string of the molecule is CN(C)CCn1ncc(Cl)c1C(=O)C1COCCO1. The van der Waals surface area contributed by atoms with Crippen LogP contribution < -0.4 is 0 Å². The second-order valence-corrected chi connectivity index (χ2v) is 5.07. The Morgan fingerprint density at radius 2 is 2.37 bits per heavy atom. The zero-order valence-corrected chi connectivity index (χ0v) is 11.9. The number of carbonyl (C=O) groups excluding carboxylic acids is 1. The molecule has 0 spiro atoms. The molecule has 0 aliphatic carbocycles. The van der Waals surface area contributed by atoms with Gasteiger partial charge in [0, 0.05) is 6.54 Å². The fourth-order valence-electron chi connectivity index (χ4n) is 1.86. The van der Waals surface area contributed by atoms with Crippen molar-refractivity contribution in [2.45, 2.75) is 12.6 Å². The number of hydrogen-bond acceptors (Lipinski definition) is 5. The molecule has 2 rings (SSSR count). The van der Waals surface area contributed by atoms with Crippen molar-refractivity contribution in [1.29, 1.82) is 0 Å². The van der Waals surface area contributed by atoms with Crippen LogP contribution in [0.15, 0.2) is 6.20 Å². The zero-order valence-electron chi connectivity index (χ0n) is 11.1. The molecule has 1 aliphatic heterocycles. The summed E-state index contributed by atoms with van der Waals surface area (Å²) in [6, 6.07) is 0. The Hall–Kier alpha value is -0.950. The van der Waals surface area contributed by atoms with Gasteiger partial charge in [0.2, 0.25) is 5.78 Å². The van der Waals surface area contributed by atoms with Crippen LogP contribution >= 0.6 is 11.6 Å². The van der Waals surface area contributed by atoms with Gasteiger partial charge in [0.15, 0.2) is 0 Å². The van der Waals surface area contributed by atoms with Crippen LogP contribution in [-0.2, 0) is 16.0 Å². The lowest BCUT2D eigenvalue weighted by Crippen LogP contribution is -2.37. The number of ether oxygens (including phenoxy) is 2. The molecule has 1 fully saturated rings. The summed E-state index contributed by atoms with van der Waals surface area (Å²) in [4.78, 5) is 14.4. The molecule has 2 heterocycles. The largest absolute Gasteiger partial charge is 0.376 e. The van der Waals surface area contributed by atoms with Crippen molar-refractivity contribution < 1.29 is 14.3 Å². The Balaban J connectivity index is 2.13. The van der Waals surface area contributed by atoms with E-state index in [0.717, 1.165) is 6.54 Å². The van der Waals surface area contributed by atoms with E-state index in [0.29, 0.717) is 30.5 Å². The Kier molecular flexibility index (Phi) is 4.93. The average molecular weight is 288 g/mol. The van der Waals surface area contributed by atoms with Crippen molar-refractivity contribution >= 4 is 17.4 Å². The highest BCUT2D eigenvalue weighted by Gasteiger charge is 2.28. The number of hydrogen-bond donors (Lipinski definition) is 0. The van der Waals surface area contributed by atoms with Gasteiger partial charge in [-0.2, -0.15) is 5.10 Å². The summed E-state index contributed by atoms with van der Waals surface area (Å²) < 4.78 is 12.3. The summed E-state index contributed by atoms with van der Waals surface area (Å²) in [5.41, 5.74) is 0.402. The van der Waals surface area contributed by atoms with Gasteiger partial charge < -0.3 is 14.4 Å². The standard InChI is InChI=1S/C12H18ClN3O3/c1-15(2)3-4-16-11(9(13)7-14-16)12(17)10-8-18-5-6-19-10/h7,10H,3-6,8H2,1-2H3. The first-order chi connectivity index (χ1) is 9.09. The van der Waals surface area contributed by atoms with Crippen LogP contribution in [0.3, 0.4) is 0 Å². The highest BCUT2D eigenvalue weighted by Crippen LogP contribution is 2.19. The molecular weight excluding hydrogens is 270 g/mol. The van der Waals surface area contributed by atoms with E-state index in [1.165, 1.54) is 6.20 Å². The van der Waals surface area contributed by atoms with E-state index >= 15 is 0 Å². The van der Waals surface area contributed by atoms with Gasteiger partial charge in [-0.15, -0.1) is 0 Å². The lowest BCUT2D eigenvalue weighted by molar-refractivity contribution is -0.0722. The topological polar surface area (TPSA) is 56.6 Å². The predicted octanol–water partition coefficient (Wildman–Crippen LogP) is 0.696. The first-order valence-electron chi connectivity index (χ1n) is 6.19. The van der Waals surface area contributed by atoms with Gasteiger partial charge >= 0.3 is 0 Å². The van der Waals surface area contributed by atoms with Gasteiger partial charge in [-0.25, -0.2) is 0 Å². The van der Waals surface area contributed by atoms with E-state index in [4.69, 9.17) is 21.1 Å². The minimum Gasteiger partial charge on any atom is -0.376 e. The van der Waals surface area contributed by atoms with Gasteiger partial charge in [-0.3, -0.25) is 9.48 Å². The zero-order chi connectivity index (χ0) is 13.8. The predicted molar refractivity (Wildman–Crippen MR) is 70.7 cm³/mol. The van der Waals surface area contributed by atoms with E-state index in [-0.39, 0.29) is 12.4 Å². The Morgan fingerprint density at radius 3 is 3.00 bits per heavy atom. The van der Waals surface area contributed by atoms with Crippen molar-refractivity contribution in [1.82, 2.24) is 14.7 Å². The maximum atomic E-state index is 12.4. The highest BCUT2D eigenvalue weighted by molar-refractivity contribution is 6.33. The Bertz CT molecular complexity index is 441. The van der Waals surface area contributed by atoms with Crippen LogP contribution in [-0.4, -0.2) is 67.0 Å². The molecule has 1 saturated heterocycles. The molecule has 0 aromatic carbocycles. The first kappa shape index (κ1) is 14.5. The summed E-state index contributed by atoms with van der Waals surface area (Å²) in [6.07, 6.45) is 0.912. The third-order valence-electron chi connectivity index (χ3n) is 2.90. The van der Waals surface area contributed by atoms with Crippen LogP contribution in [0.4, 0.5) is 0 Å². The molecule has 19 heavy (non-hydrogen) atoms. The maximum absolute atomic E-state index is 12.4. The number of halogens is 1. The summed E-state index contributed by atoms with van der Waals surface area (Å²) in [5.74, 6) is -0.166. The number of Topliss-reactive ketones (excluding diaryl/α,β-unsaturated/α-hetero) is 1. The molecule has 0 N–H and O–H groups in total. The lowest BCUT2D eigenvalue weighted by Gasteiger charge is -2.22. The van der Waals surface area contributed by atoms with Crippen molar-refractivity contribution in [3.63, 3.8) is 0 Å². The van der Waals surface area contributed by atoms with Crippen molar-refractivity contribution in [3.05, 3.63) is 16.9 Å². The molecule has 0 radical (unpaired) electrons. The molecule has 106 valence electrons. The lowest BCUT2D eigenvalue weighted by atomic mass is 10.1. The van der Waals surface area contributed by atoms with E-state index in [9.17, 15) is 4.79 Å². The van der Waals surface area contributed by atoms with Gasteiger partial charge in [0.1, 0.15) is 11.8 Å². The summed E-state index contributed by atoms with van der Waals surface area (Å²) in [6.45, 7) is 2.61. The number of ketones is 1. The number of rotatable bonds is 5. The van der Waals surface area contributed by atoms with E-state index in [1.807, 2.05) is 19.0 Å². The van der Waals surface area contributed by atoms with Crippen LogP contribution in [0.2, 0.25) is 5.02 Å². The van der Waals surface area contributed by atoms with E-state index in [2.05, 4.69) is 5.10 Å². The number of aromatic nitrogens is 2. The molecular formula is C12H18ClN3O3. The van der Waals surface area contributed by atoms with Crippen LogP contribution in [0.25, 0.3) is 0 Å². The number of likely N-dealkylation sites (N-methyl/N-ethyl adjacent to an activating group) is 1. The van der Waals surface area contributed by atoms with Gasteiger partial charge in [-0.05, 0) is 14.1 Å². The molecule has 1 aromatic heterocycles. The molecule has 1 atom stereocenters. The molecule has 0 bridgehead atoms. The number of carbonyl (C=O) groups is 1. The summed E-state index contributed by atoms with van der Waals surface area (Å²) >= 11 is 6.06. The number of nitrogens with zero attached hydrogens (tertiary/aromatic N) is 3. The van der Waals surface area contributed by atoms with Crippen molar-refractivity contribution in [3.8, 4) is 0 Å². The fraction of sp³-hybridized carbons (Fsp3) is 0.667. The molecule has 1 aliphatic rings. The normalized spacial score (nSPS) is 19.9. The van der Waals surface area contributed by atoms with E-state index < -0.39 is 6.10 Å². The molecule has 1 aromatic rings. The maximum Gasteiger partial charge on any atom is 0.213 e. The minimum atomic E-state index is -0.582. The Labute approximate surface area is 117 Å². The first-order valence-corrected chi connectivity index (χ1v) is 6.57. The van der Waals surface area contributed by atoms with Crippen LogP contribution in [0.5, 0.6) is 0 Å². The Morgan fingerprint density at radius 1 is 1.58 bits per heavy atom. The quantitative estimate of drug-likeness (QED) is 0.746. The average Bonchev–Trinajstić information content (AvgIpc) is 2.78.